The van der Waals surface area contributed by atoms with E-state index in [1.54, 1.807) is 23.1 Å². The number of benzene rings is 1. The Morgan fingerprint density at radius 2 is 1.95 bits per heavy atom. The van der Waals surface area contributed by atoms with E-state index in [0.717, 1.165) is 28.0 Å². The maximum absolute atomic E-state index is 9.40. The minimum Gasteiger partial charge on any atom is -0.508 e. The molecule has 0 saturated heterocycles. The van der Waals surface area contributed by atoms with Gasteiger partial charge in [-0.05, 0) is 31.3 Å². The second-order valence-electron chi connectivity index (χ2n) is 4.57. The van der Waals surface area contributed by atoms with Crippen LogP contribution >= 0.6 is 0 Å². The third kappa shape index (κ3) is 2.00. The largest absolute Gasteiger partial charge is 0.508 e. The Morgan fingerprint density at radius 3 is 2.65 bits per heavy atom. The molecule has 102 valence electrons. The van der Waals surface area contributed by atoms with Gasteiger partial charge in [-0.25, -0.2) is 14.6 Å². The Hall–Kier alpha value is -2.47. The Morgan fingerprint density at radius 1 is 1.20 bits per heavy atom. The lowest BCUT2D eigenvalue weighted by Gasteiger charge is -2.03. The van der Waals surface area contributed by atoms with Gasteiger partial charge < -0.3 is 10.4 Å². The van der Waals surface area contributed by atoms with Crippen molar-refractivity contribution in [2.24, 2.45) is 7.05 Å². The molecule has 0 aliphatic rings. The van der Waals surface area contributed by atoms with Crippen molar-refractivity contribution in [1.82, 2.24) is 25.1 Å². The van der Waals surface area contributed by atoms with Crippen molar-refractivity contribution in [1.29, 1.82) is 0 Å². The fraction of sp³-hybridized carbons (Fsp3) is 0.214. The molecule has 0 aliphatic carbocycles. The fourth-order valence-electron chi connectivity index (χ4n) is 2.27. The molecule has 3 rings (SSSR count). The summed E-state index contributed by atoms with van der Waals surface area (Å²) < 4.78 is 1.75. The van der Waals surface area contributed by atoms with Crippen molar-refractivity contribution >= 4 is 11.0 Å². The van der Waals surface area contributed by atoms with E-state index in [4.69, 9.17) is 0 Å². The molecule has 6 nitrogen and oxygen atoms in total. The summed E-state index contributed by atoms with van der Waals surface area (Å²) in [6.45, 7) is 0.649. The van der Waals surface area contributed by atoms with Crippen LogP contribution in [-0.4, -0.2) is 31.9 Å². The SMILES string of the molecule is CNCc1ncnc2c1c(-c1ccc(O)cc1)nn2C. The molecular weight excluding hydrogens is 254 g/mol. The second-order valence-corrected chi connectivity index (χ2v) is 4.57. The molecule has 0 aliphatic heterocycles. The quantitative estimate of drug-likeness (QED) is 0.752. The molecule has 0 atom stereocenters. The fourth-order valence-corrected chi connectivity index (χ4v) is 2.27. The molecule has 2 N–H and O–H groups in total. The van der Waals surface area contributed by atoms with Crippen LogP contribution in [0.2, 0.25) is 0 Å². The number of rotatable bonds is 3. The van der Waals surface area contributed by atoms with Crippen LogP contribution in [0.4, 0.5) is 0 Å². The summed E-state index contributed by atoms with van der Waals surface area (Å²) in [6, 6.07) is 6.98. The van der Waals surface area contributed by atoms with Gasteiger partial charge in [-0.3, -0.25) is 0 Å². The van der Waals surface area contributed by atoms with Gasteiger partial charge in [0.1, 0.15) is 17.8 Å². The Labute approximate surface area is 116 Å². The zero-order valence-corrected chi connectivity index (χ0v) is 11.3. The first kappa shape index (κ1) is 12.6. The van der Waals surface area contributed by atoms with E-state index in [1.807, 2.05) is 26.2 Å². The van der Waals surface area contributed by atoms with Crippen molar-refractivity contribution in [2.75, 3.05) is 7.05 Å². The summed E-state index contributed by atoms with van der Waals surface area (Å²) in [5, 5.41) is 18.0. The predicted octanol–water partition coefficient (Wildman–Crippen LogP) is 1.46. The summed E-state index contributed by atoms with van der Waals surface area (Å²) in [4.78, 5) is 8.64. The number of fused-ring (bicyclic) bond motifs is 1. The third-order valence-corrected chi connectivity index (χ3v) is 3.18. The van der Waals surface area contributed by atoms with E-state index in [-0.39, 0.29) is 5.75 Å². The van der Waals surface area contributed by atoms with Crippen LogP contribution in [0.3, 0.4) is 0 Å². The van der Waals surface area contributed by atoms with Gasteiger partial charge in [-0.2, -0.15) is 5.10 Å². The molecule has 6 heteroatoms. The molecule has 3 aromatic rings. The summed E-state index contributed by atoms with van der Waals surface area (Å²) in [7, 11) is 3.74. The average Bonchev–Trinajstić information content (AvgIpc) is 2.79. The number of nitrogens with zero attached hydrogens (tertiary/aromatic N) is 4. The zero-order chi connectivity index (χ0) is 14.1. The zero-order valence-electron chi connectivity index (χ0n) is 11.3. The lowest BCUT2D eigenvalue weighted by molar-refractivity contribution is 0.475. The molecule has 0 radical (unpaired) electrons. The molecule has 0 amide bonds. The van der Waals surface area contributed by atoms with E-state index >= 15 is 0 Å². The van der Waals surface area contributed by atoms with Gasteiger partial charge in [0.25, 0.3) is 0 Å². The maximum Gasteiger partial charge on any atom is 0.161 e. The van der Waals surface area contributed by atoms with E-state index < -0.39 is 0 Å². The highest BCUT2D eigenvalue weighted by atomic mass is 16.3. The van der Waals surface area contributed by atoms with Crippen molar-refractivity contribution in [2.45, 2.75) is 6.54 Å². The Balaban J connectivity index is 2.27. The van der Waals surface area contributed by atoms with Gasteiger partial charge >= 0.3 is 0 Å². The molecule has 2 aromatic heterocycles. The van der Waals surface area contributed by atoms with Crippen molar-refractivity contribution in [3.05, 3.63) is 36.3 Å². The number of nitrogens with one attached hydrogen (secondary N) is 1. The summed E-state index contributed by atoms with van der Waals surface area (Å²) >= 11 is 0. The number of phenolic OH excluding ortho intramolecular Hbond substituents is 1. The summed E-state index contributed by atoms with van der Waals surface area (Å²) in [5.41, 5.74) is 3.47. The lowest BCUT2D eigenvalue weighted by Crippen LogP contribution is -2.08. The second kappa shape index (κ2) is 4.90. The van der Waals surface area contributed by atoms with Gasteiger partial charge in [-0.15, -0.1) is 0 Å². The molecule has 0 saturated carbocycles. The molecular formula is C14H15N5O. The Kier molecular flexibility index (Phi) is 3.08. The average molecular weight is 269 g/mol. The molecule has 0 unspecified atom stereocenters. The van der Waals surface area contributed by atoms with E-state index in [9.17, 15) is 5.11 Å². The third-order valence-electron chi connectivity index (χ3n) is 3.18. The van der Waals surface area contributed by atoms with Gasteiger partial charge in [0.15, 0.2) is 5.65 Å². The minimum atomic E-state index is 0.237. The van der Waals surface area contributed by atoms with Crippen LogP contribution in [0.25, 0.3) is 22.3 Å². The van der Waals surface area contributed by atoms with E-state index in [0.29, 0.717) is 6.54 Å². The van der Waals surface area contributed by atoms with Crippen LogP contribution in [0.1, 0.15) is 5.69 Å². The van der Waals surface area contributed by atoms with Crippen LogP contribution in [0.15, 0.2) is 30.6 Å². The van der Waals surface area contributed by atoms with Gasteiger partial charge in [-0.1, -0.05) is 0 Å². The first-order valence-corrected chi connectivity index (χ1v) is 6.31. The van der Waals surface area contributed by atoms with E-state index in [2.05, 4.69) is 20.4 Å². The number of hydrogen-bond donors (Lipinski definition) is 2. The highest BCUT2D eigenvalue weighted by molar-refractivity contribution is 5.93. The molecule has 1 aromatic carbocycles. The van der Waals surface area contributed by atoms with Crippen molar-refractivity contribution in [3.8, 4) is 17.0 Å². The summed E-state index contributed by atoms with van der Waals surface area (Å²) in [6.07, 6.45) is 1.55. The standard InChI is InChI=1S/C14H15N5O/c1-15-7-11-12-13(9-3-5-10(20)6-4-9)18-19(2)14(12)17-8-16-11/h3-6,8,15,20H,7H2,1-2H3. The smallest absolute Gasteiger partial charge is 0.161 e. The molecule has 2 heterocycles. The Bertz CT molecular complexity index is 748. The predicted molar refractivity (Wildman–Crippen MR) is 76.2 cm³/mol. The number of aromatic hydroxyl groups is 1. The minimum absolute atomic E-state index is 0.237. The first-order chi connectivity index (χ1) is 9.70. The number of aryl methyl sites for hydroxylation is 1. The monoisotopic (exact) mass is 269 g/mol. The van der Waals surface area contributed by atoms with Crippen LogP contribution in [0.5, 0.6) is 5.75 Å². The van der Waals surface area contributed by atoms with Crippen LogP contribution < -0.4 is 5.32 Å². The topological polar surface area (TPSA) is 75.9 Å². The molecule has 0 bridgehead atoms. The van der Waals surface area contributed by atoms with Crippen molar-refractivity contribution in [3.63, 3.8) is 0 Å². The number of phenols is 1. The molecule has 0 spiro atoms. The van der Waals surface area contributed by atoms with Gasteiger partial charge in [0.05, 0.1) is 11.1 Å². The van der Waals surface area contributed by atoms with Crippen LogP contribution in [-0.2, 0) is 13.6 Å². The van der Waals surface area contributed by atoms with Crippen LogP contribution in [0, 0.1) is 0 Å². The molecule has 0 fully saturated rings. The van der Waals surface area contributed by atoms with Crippen molar-refractivity contribution < 1.29 is 5.11 Å². The van der Waals surface area contributed by atoms with Gasteiger partial charge in [0, 0.05) is 19.2 Å². The highest BCUT2D eigenvalue weighted by Crippen LogP contribution is 2.29. The normalized spacial score (nSPS) is 11.1. The number of aromatic nitrogens is 4. The summed E-state index contributed by atoms with van der Waals surface area (Å²) in [5.74, 6) is 0.237. The maximum atomic E-state index is 9.40. The highest BCUT2D eigenvalue weighted by Gasteiger charge is 2.16. The first-order valence-electron chi connectivity index (χ1n) is 6.31. The lowest BCUT2D eigenvalue weighted by atomic mass is 10.1. The number of hydrogen-bond acceptors (Lipinski definition) is 5. The molecule has 20 heavy (non-hydrogen) atoms. The van der Waals surface area contributed by atoms with Gasteiger partial charge in [0.2, 0.25) is 0 Å². The van der Waals surface area contributed by atoms with E-state index in [1.165, 1.54) is 0 Å².